The van der Waals surface area contributed by atoms with Crippen LogP contribution in [0.4, 0.5) is 0 Å². The molecule has 0 amide bonds. The largest absolute Gasteiger partial charge is 0.370 e. The molecule has 0 heterocycles. The third kappa shape index (κ3) is 22.8. The van der Waals surface area contributed by atoms with Crippen molar-refractivity contribution in [3.05, 3.63) is 0 Å². The predicted octanol–water partition coefficient (Wildman–Crippen LogP) is 3.31. The highest BCUT2D eigenvalue weighted by Crippen LogP contribution is 2.08. The van der Waals surface area contributed by atoms with Crippen LogP contribution in [0.15, 0.2) is 0 Å². The van der Waals surface area contributed by atoms with E-state index in [1.165, 1.54) is 71.0 Å². The van der Waals surface area contributed by atoms with Gasteiger partial charge in [0.2, 0.25) is 0 Å². The Morgan fingerprint density at radius 2 is 1.16 bits per heavy atom. The van der Waals surface area contributed by atoms with Gasteiger partial charge >= 0.3 is 0 Å². The van der Waals surface area contributed by atoms with Crippen molar-refractivity contribution < 1.29 is 0 Å². The van der Waals surface area contributed by atoms with Crippen molar-refractivity contribution in [1.29, 1.82) is 5.41 Å². The first kappa shape index (κ1) is 20.5. The Balaban J connectivity index is 0. The maximum atomic E-state index is 6.06. The van der Waals surface area contributed by atoms with Crippen LogP contribution in [0.25, 0.3) is 0 Å². The number of rotatable bonds is 11. The average Bonchev–Trinajstić information content (AvgIpc) is 2.36. The number of hydrogen-bond donors (Lipinski definition) is 3. The fourth-order valence-corrected chi connectivity index (χ4v) is 2.01. The lowest BCUT2D eigenvalue weighted by Crippen LogP contribution is -2.23. The summed E-state index contributed by atoms with van der Waals surface area (Å²) in [6.45, 7) is 10.5. The van der Waals surface area contributed by atoms with Crippen LogP contribution >= 0.6 is 0 Å². The summed E-state index contributed by atoms with van der Waals surface area (Å²) in [4.78, 5) is 2.52. The van der Waals surface area contributed by atoms with Crippen LogP contribution in [0, 0.1) is 5.41 Å². The summed E-state index contributed by atoms with van der Waals surface area (Å²) in [5, 5.41) is 6.06. The summed E-state index contributed by atoms with van der Waals surface area (Å²) in [5.41, 5.74) is 8.94. The van der Waals surface area contributed by atoms with Gasteiger partial charge in [-0.1, -0.05) is 65.7 Å². The van der Waals surface area contributed by atoms with Crippen molar-refractivity contribution in [3.8, 4) is 0 Å². The van der Waals surface area contributed by atoms with Crippen LogP contribution in [-0.2, 0) is 0 Å². The lowest BCUT2D eigenvalue weighted by atomic mass is 10.1. The summed E-state index contributed by atoms with van der Waals surface area (Å²) < 4.78 is 0. The van der Waals surface area contributed by atoms with E-state index in [9.17, 15) is 0 Å². The molecule has 0 aromatic rings. The smallest absolute Gasteiger partial charge is 0.183 e. The van der Waals surface area contributed by atoms with Crippen LogP contribution in [0.1, 0.15) is 72.1 Å². The number of nitrogens with two attached hydrogens (primary N) is 2. The Morgan fingerprint density at radius 3 is 1.53 bits per heavy atom. The lowest BCUT2D eigenvalue weighted by molar-refractivity contribution is 0.295. The maximum Gasteiger partial charge on any atom is 0.183 e. The molecule has 0 fully saturated rings. The second-order valence-corrected chi connectivity index (χ2v) is 4.96. The minimum Gasteiger partial charge on any atom is -0.370 e. The van der Waals surface area contributed by atoms with E-state index in [0.717, 1.165) is 0 Å². The molecule has 0 aliphatic carbocycles. The molecule has 4 nitrogen and oxygen atoms in total. The molecule has 0 aromatic heterocycles. The third-order valence-corrected chi connectivity index (χ3v) is 3.22. The van der Waals surface area contributed by atoms with Crippen molar-refractivity contribution in [2.24, 2.45) is 11.5 Å². The van der Waals surface area contributed by atoms with Gasteiger partial charge in [-0.15, -0.1) is 0 Å². The monoisotopic (exact) mass is 272 g/mol. The Morgan fingerprint density at radius 1 is 0.789 bits per heavy atom. The zero-order valence-electron chi connectivity index (χ0n) is 13.4. The highest BCUT2D eigenvalue weighted by molar-refractivity contribution is 5.71. The van der Waals surface area contributed by atoms with Crippen molar-refractivity contribution in [2.75, 3.05) is 19.6 Å². The minimum absolute atomic E-state index is 0.333. The lowest BCUT2D eigenvalue weighted by Gasteiger charge is -2.17. The molecule has 0 aromatic carbocycles. The van der Waals surface area contributed by atoms with Crippen LogP contribution in [0.3, 0.4) is 0 Å². The number of nitrogens with zero attached hydrogens (tertiary/aromatic N) is 1. The molecule has 0 aliphatic heterocycles. The first-order valence-corrected chi connectivity index (χ1v) is 7.90. The fraction of sp³-hybridized carbons (Fsp3) is 0.933. The molecule has 0 rings (SSSR count). The maximum absolute atomic E-state index is 6.06. The summed E-state index contributed by atoms with van der Waals surface area (Å²) in [5.74, 6) is -0.333. The Hall–Kier alpha value is -0.770. The Bertz CT molecular complexity index is 175. The topological polar surface area (TPSA) is 79.1 Å². The number of nitrogens with one attached hydrogen (secondary N) is 1. The van der Waals surface area contributed by atoms with E-state index in [1.807, 2.05) is 0 Å². The minimum atomic E-state index is -0.333. The number of unbranched alkanes of at least 4 members (excludes halogenated alkanes) is 7. The SMILES string of the molecule is CCCCCCCCCCN(CC)CC.N=C(N)N. The van der Waals surface area contributed by atoms with E-state index in [0.29, 0.717) is 0 Å². The zero-order chi connectivity index (χ0) is 14.9. The van der Waals surface area contributed by atoms with Crippen molar-refractivity contribution in [3.63, 3.8) is 0 Å². The van der Waals surface area contributed by atoms with E-state index in [-0.39, 0.29) is 5.96 Å². The second-order valence-electron chi connectivity index (χ2n) is 4.96. The van der Waals surface area contributed by atoms with Crippen LogP contribution < -0.4 is 11.5 Å². The standard InChI is InChI=1S/C14H31N.CH5N3/c1-4-7-8-9-10-11-12-13-14-15(5-2)6-3;2-1(3)4/h4-14H2,1-3H3;(H5,2,3,4). The number of hydrogen-bond acceptors (Lipinski definition) is 2. The van der Waals surface area contributed by atoms with Gasteiger partial charge in [-0.2, -0.15) is 0 Å². The van der Waals surface area contributed by atoms with Gasteiger partial charge in [-0.05, 0) is 26.1 Å². The molecular formula is C15H36N4. The van der Waals surface area contributed by atoms with E-state index in [2.05, 4.69) is 37.1 Å². The molecule has 0 atom stereocenters. The van der Waals surface area contributed by atoms with Crippen LogP contribution in [0.5, 0.6) is 0 Å². The predicted molar refractivity (Wildman–Crippen MR) is 86.5 cm³/mol. The first-order chi connectivity index (χ1) is 9.08. The molecular weight excluding hydrogens is 236 g/mol. The molecule has 0 unspecified atom stereocenters. The number of guanidine groups is 1. The summed E-state index contributed by atoms with van der Waals surface area (Å²) in [6, 6.07) is 0. The van der Waals surface area contributed by atoms with Gasteiger partial charge in [-0.3, -0.25) is 5.41 Å². The normalized spacial score (nSPS) is 10.1. The van der Waals surface area contributed by atoms with Gasteiger partial charge in [0.05, 0.1) is 0 Å². The van der Waals surface area contributed by atoms with Crippen molar-refractivity contribution in [2.45, 2.75) is 72.1 Å². The molecule has 5 N–H and O–H groups in total. The van der Waals surface area contributed by atoms with Crippen molar-refractivity contribution in [1.82, 2.24) is 4.90 Å². The van der Waals surface area contributed by atoms with Gasteiger partial charge in [0, 0.05) is 0 Å². The van der Waals surface area contributed by atoms with Gasteiger partial charge in [0.15, 0.2) is 5.96 Å². The molecule has 0 bridgehead atoms. The highest BCUT2D eigenvalue weighted by Gasteiger charge is 1.97. The molecule has 0 saturated heterocycles. The molecule has 116 valence electrons. The van der Waals surface area contributed by atoms with Gasteiger partial charge in [-0.25, -0.2) is 0 Å². The van der Waals surface area contributed by atoms with E-state index < -0.39 is 0 Å². The van der Waals surface area contributed by atoms with Gasteiger partial charge < -0.3 is 16.4 Å². The molecule has 0 aliphatic rings. The van der Waals surface area contributed by atoms with E-state index >= 15 is 0 Å². The van der Waals surface area contributed by atoms with Crippen LogP contribution in [-0.4, -0.2) is 30.5 Å². The third-order valence-electron chi connectivity index (χ3n) is 3.22. The molecule has 4 heteroatoms. The van der Waals surface area contributed by atoms with Crippen molar-refractivity contribution >= 4 is 5.96 Å². The summed E-state index contributed by atoms with van der Waals surface area (Å²) >= 11 is 0. The van der Waals surface area contributed by atoms with E-state index in [4.69, 9.17) is 5.41 Å². The highest BCUT2D eigenvalue weighted by atomic mass is 15.1. The van der Waals surface area contributed by atoms with Crippen LogP contribution in [0.2, 0.25) is 0 Å². The molecule has 19 heavy (non-hydrogen) atoms. The Kier molecular flexibility index (Phi) is 18.6. The summed E-state index contributed by atoms with van der Waals surface area (Å²) in [7, 11) is 0. The average molecular weight is 272 g/mol. The van der Waals surface area contributed by atoms with E-state index in [1.54, 1.807) is 0 Å². The zero-order valence-corrected chi connectivity index (χ0v) is 13.4. The first-order valence-electron chi connectivity index (χ1n) is 7.90. The molecule has 0 saturated carbocycles. The quantitative estimate of drug-likeness (QED) is 0.307. The molecule has 0 spiro atoms. The Labute approximate surface area is 120 Å². The summed E-state index contributed by atoms with van der Waals surface area (Å²) in [6.07, 6.45) is 11.4. The van der Waals surface area contributed by atoms with Gasteiger partial charge in [0.1, 0.15) is 0 Å². The van der Waals surface area contributed by atoms with Gasteiger partial charge in [0.25, 0.3) is 0 Å². The second kappa shape index (κ2) is 17.2. The molecule has 0 radical (unpaired) electrons. The fourth-order valence-electron chi connectivity index (χ4n) is 2.01.